The Balaban J connectivity index is 1.50. The summed E-state index contributed by atoms with van der Waals surface area (Å²) in [5, 5.41) is 14.0. The van der Waals surface area contributed by atoms with Crippen LogP contribution in [0.2, 0.25) is 0 Å². The third-order valence-electron chi connectivity index (χ3n) is 3.90. The maximum atomic E-state index is 12.2. The van der Waals surface area contributed by atoms with Gasteiger partial charge in [-0.05, 0) is 30.5 Å². The molecule has 0 spiro atoms. The SMILES string of the molecule is Cc1[nH]c2ccccc2c1/C=N\NC(=O)c1cc(-c2cccs2)[nH]n1. The van der Waals surface area contributed by atoms with E-state index in [4.69, 9.17) is 0 Å². The number of aryl methyl sites for hydroxylation is 1. The van der Waals surface area contributed by atoms with Crippen LogP contribution in [0.5, 0.6) is 0 Å². The number of nitrogens with one attached hydrogen (secondary N) is 3. The predicted octanol–water partition coefficient (Wildman–Crippen LogP) is 3.69. The Morgan fingerprint density at radius 1 is 1.28 bits per heavy atom. The monoisotopic (exact) mass is 349 g/mol. The van der Waals surface area contributed by atoms with Crippen LogP contribution in [-0.4, -0.2) is 27.3 Å². The molecule has 0 unspecified atom stereocenters. The number of thiophene rings is 1. The number of rotatable bonds is 4. The van der Waals surface area contributed by atoms with Crippen LogP contribution in [0.4, 0.5) is 0 Å². The first-order chi connectivity index (χ1) is 12.2. The highest BCUT2D eigenvalue weighted by molar-refractivity contribution is 7.13. The Morgan fingerprint density at radius 3 is 3.00 bits per heavy atom. The Labute approximate surface area is 147 Å². The number of carbonyl (C=O) groups excluding carboxylic acids is 1. The molecule has 0 fully saturated rings. The van der Waals surface area contributed by atoms with E-state index in [1.807, 2.05) is 48.7 Å². The van der Waals surface area contributed by atoms with Crippen LogP contribution >= 0.6 is 11.3 Å². The number of carbonyl (C=O) groups is 1. The zero-order valence-electron chi connectivity index (χ0n) is 13.4. The van der Waals surface area contributed by atoms with Crippen molar-refractivity contribution in [3.63, 3.8) is 0 Å². The number of hydrazone groups is 1. The molecule has 1 amide bonds. The van der Waals surface area contributed by atoms with Gasteiger partial charge in [-0.1, -0.05) is 24.3 Å². The van der Waals surface area contributed by atoms with Crippen molar-refractivity contribution in [2.45, 2.75) is 6.92 Å². The molecule has 0 aliphatic carbocycles. The van der Waals surface area contributed by atoms with Crippen molar-refractivity contribution in [1.29, 1.82) is 0 Å². The summed E-state index contributed by atoms with van der Waals surface area (Å²) >= 11 is 1.58. The molecule has 0 bridgehead atoms. The molecule has 7 heteroatoms. The fourth-order valence-electron chi connectivity index (χ4n) is 2.67. The van der Waals surface area contributed by atoms with Gasteiger partial charge >= 0.3 is 0 Å². The van der Waals surface area contributed by atoms with Crippen molar-refractivity contribution in [3.05, 3.63) is 64.8 Å². The minimum atomic E-state index is -0.354. The average molecular weight is 349 g/mol. The van der Waals surface area contributed by atoms with E-state index in [1.54, 1.807) is 23.6 Å². The number of aromatic nitrogens is 3. The maximum Gasteiger partial charge on any atom is 0.291 e. The molecule has 0 radical (unpaired) electrons. The number of aromatic amines is 2. The highest BCUT2D eigenvalue weighted by atomic mass is 32.1. The van der Waals surface area contributed by atoms with Gasteiger partial charge in [0.05, 0.1) is 16.8 Å². The summed E-state index contributed by atoms with van der Waals surface area (Å²) in [6.07, 6.45) is 1.65. The largest absolute Gasteiger partial charge is 0.358 e. The molecule has 25 heavy (non-hydrogen) atoms. The van der Waals surface area contributed by atoms with Crippen molar-refractivity contribution >= 4 is 34.4 Å². The van der Waals surface area contributed by atoms with Gasteiger partial charge < -0.3 is 4.98 Å². The number of para-hydroxylation sites is 1. The smallest absolute Gasteiger partial charge is 0.291 e. The average Bonchev–Trinajstić information content (AvgIpc) is 3.34. The first kappa shape index (κ1) is 15.3. The predicted molar refractivity (Wildman–Crippen MR) is 100.0 cm³/mol. The number of hydrogen-bond donors (Lipinski definition) is 3. The first-order valence-corrected chi connectivity index (χ1v) is 8.60. The lowest BCUT2D eigenvalue weighted by atomic mass is 10.1. The minimum absolute atomic E-state index is 0.302. The van der Waals surface area contributed by atoms with Gasteiger partial charge in [0.25, 0.3) is 5.91 Å². The third-order valence-corrected chi connectivity index (χ3v) is 4.80. The lowest BCUT2D eigenvalue weighted by Crippen LogP contribution is -2.18. The van der Waals surface area contributed by atoms with E-state index >= 15 is 0 Å². The van der Waals surface area contributed by atoms with E-state index in [-0.39, 0.29) is 5.91 Å². The van der Waals surface area contributed by atoms with Gasteiger partial charge in [0.15, 0.2) is 5.69 Å². The second kappa shape index (κ2) is 6.37. The second-order valence-corrected chi connectivity index (χ2v) is 6.50. The van der Waals surface area contributed by atoms with Crippen molar-refractivity contribution in [2.24, 2.45) is 5.10 Å². The lowest BCUT2D eigenvalue weighted by Gasteiger charge is -1.96. The standard InChI is InChI=1S/C18H15N5OS/c1-11-13(12-5-2-3-6-14(12)20-11)10-19-23-18(24)16-9-15(21-22-16)17-7-4-8-25-17/h2-10,20H,1H3,(H,21,22)(H,23,24)/b19-10-. The zero-order chi connectivity index (χ0) is 17.2. The van der Waals surface area contributed by atoms with Gasteiger partial charge in [-0.15, -0.1) is 11.3 Å². The van der Waals surface area contributed by atoms with Gasteiger partial charge in [-0.25, -0.2) is 5.43 Å². The maximum absolute atomic E-state index is 12.2. The molecule has 0 aliphatic rings. The van der Waals surface area contributed by atoms with Crippen molar-refractivity contribution in [2.75, 3.05) is 0 Å². The molecule has 3 heterocycles. The second-order valence-electron chi connectivity index (χ2n) is 5.55. The van der Waals surface area contributed by atoms with Crippen LogP contribution < -0.4 is 5.43 Å². The van der Waals surface area contributed by atoms with E-state index in [2.05, 4.69) is 25.7 Å². The molecule has 1 aromatic carbocycles. The van der Waals surface area contributed by atoms with Crippen LogP contribution in [0.3, 0.4) is 0 Å². The summed E-state index contributed by atoms with van der Waals surface area (Å²) in [6, 6.07) is 13.6. The van der Waals surface area contributed by atoms with Crippen LogP contribution in [0.25, 0.3) is 21.5 Å². The summed E-state index contributed by atoms with van der Waals surface area (Å²) in [5.41, 5.74) is 6.64. The molecule has 3 aromatic heterocycles. The minimum Gasteiger partial charge on any atom is -0.358 e. The molecule has 3 N–H and O–H groups in total. The fraction of sp³-hybridized carbons (Fsp3) is 0.0556. The molecule has 124 valence electrons. The lowest BCUT2D eigenvalue weighted by molar-refractivity contribution is 0.0950. The first-order valence-electron chi connectivity index (χ1n) is 7.72. The molecule has 0 saturated carbocycles. The highest BCUT2D eigenvalue weighted by Crippen LogP contribution is 2.23. The van der Waals surface area contributed by atoms with Gasteiger partial charge in [0.1, 0.15) is 0 Å². The molecular weight excluding hydrogens is 334 g/mol. The highest BCUT2D eigenvalue weighted by Gasteiger charge is 2.11. The summed E-state index contributed by atoms with van der Waals surface area (Å²) in [6.45, 7) is 1.98. The molecule has 0 aliphatic heterocycles. The Morgan fingerprint density at radius 2 is 2.16 bits per heavy atom. The van der Waals surface area contributed by atoms with Gasteiger partial charge in [0, 0.05) is 22.2 Å². The van der Waals surface area contributed by atoms with Crippen molar-refractivity contribution in [1.82, 2.24) is 20.6 Å². The van der Waals surface area contributed by atoms with Gasteiger partial charge in [-0.3, -0.25) is 9.89 Å². The summed E-state index contributed by atoms with van der Waals surface area (Å²) in [5.74, 6) is -0.354. The zero-order valence-corrected chi connectivity index (χ0v) is 14.2. The molecule has 6 nitrogen and oxygen atoms in total. The van der Waals surface area contributed by atoms with E-state index in [0.29, 0.717) is 5.69 Å². The van der Waals surface area contributed by atoms with Crippen LogP contribution in [0.15, 0.2) is 52.9 Å². The van der Waals surface area contributed by atoms with E-state index in [1.165, 1.54) is 0 Å². The molecule has 4 rings (SSSR count). The van der Waals surface area contributed by atoms with E-state index in [0.717, 1.165) is 32.7 Å². The fourth-order valence-corrected chi connectivity index (χ4v) is 3.37. The Bertz CT molecular complexity index is 1060. The topological polar surface area (TPSA) is 85.9 Å². The third kappa shape index (κ3) is 2.97. The summed E-state index contributed by atoms with van der Waals surface area (Å²) in [7, 11) is 0. The quantitative estimate of drug-likeness (QED) is 0.388. The van der Waals surface area contributed by atoms with Crippen LogP contribution in [0.1, 0.15) is 21.7 Å². The van der Waals surface area contributed by atoms with Crippen molar-refractivity contribution in [3.8, 4) is 10.6 Å². The number of hydrogen-bond acceptors (Lipinski definition) is 4. The summed E-state index contributed by atoms with van der Waals surface area (Å²) in [4.78, 5) is 16.5. The Kier molecular flexibility index (Phi) is 3.91. The number of fused-ring (bicyclic) bond motifs is 1. The van der Waals surface area contributed by atoms with Crippen molar-refractivity contribution < 1.29 is 4.79 Å². The molecule has 4 aromatic rings. The summed E-state index contributed by atoms with van der Waals surface area (Å²) < 4.78 is 0. The Hall–Kier alpha value is -3.19. The van der Waals surface area contributed by atoms with E-state index < -0.39 is 0 Å². The molecular formula is C18H15N5OS. The number of amides is 1. The normalized spacial score (nSPS) is 11.4. The molecule has 0 atom stereocenters. The van der Waals surface area contributed by atoms with Gasteiger partial charge in [0.2, 0.25) is 0 Å². The number of H-pyrrole nitrogens is 2. The van der Waals surface area contributed by atoms with Gasteiger partial charge in [-0.2, -0.15) is 10.2 Å². The number of nitrogens with zero attached hydrogens (tertiary/aromatic N) is 2. The van der Waals surface area contributed by atoms with Crippen LogP contribution in [0, 0.1) is 6.92 Å². The van der Waals surface area contributed by atoms with E-state index in [9.17, 15) is 4.79 Å². The molecule has 0 saturated heterocycles. The number of benzene rings is 1. The van der Waals surface area contributed by atoms with Crippen LogP contribution in [-0.2, 0) is 0 Å².